The Kier molecular flexibility index (Phi) is 4.64. The highest BCUT2D eigenvalue weighted by atomic mass is 35.5. The largest absolute Gasteiger partial charge is 0.368 e. The molecule has 0 aliphatic carbocycles. The van der Waals surface area contributed by atoms with Crippen molar-refractivity contribution in [2.45, 2.75) is 6.92 Å². The second kappa shape index (κ2) is 6.84. The molecule has 1 heterocycles. The fourth-order valence-corrected chi connectivity index (χ4v) is 2.99. The molecular formula is C18H20ClN3. The Balaban J connectivity index is 1.64. The van der Waals surface area contributed by atoms with Crippen molar-refractivity contribution >= 4 is 23.0 Å². The van der Waals surface area contributed by atoms with E-state index in [-0.39, 0.29) is 0 Å². The van der Waals surface area contributed by atoms with Gasteiger partial charge in [0, 0.05) is 29.4 Å². The van der Waals surface area contributed by atoms with E-state index in [0.717, 1.165) is 42.5 Å². The zero-order chi connectivity index (χ0) is 15.4. The van der Waals surface area contributed by atoms with Crippen LogP contribution in [0, 0.1) is 0 Å². The number of hydrogen-bond acceptors (Lipinski definition) is 3. The molecule has 3 rings (SSSR count). The van der Waals surface area contributed by atoms with Gasteiger partial charge in [-0.3, -0.25) is 5.01 Å². The van der Waals surface area contributed by atoms with Gasteiger partial charge in [-0.2, -0.15) is 5.10 Å². The molecule has 2 aromatic rings. The molecule has 1 aliphatic heterocycles. The molecule has 0 aromatic heterocycles. The van der Waals surface area contributed by atoms with Crippen molar-refractivity contribution < 1.29 is 0 Å². The predicted octanol–water partition coefficient (Wildman–Crippen LogP) is 3.89. The maximum absolute atomic E-state index is 6.23. The van der Waals surface area contributed by atoms with Gasteiger partial charge < -0.3 is 4.90 Å². The highest BCUT2D eigenvalue weighted by Gasteiger charge is 2.16. The molecule has 1 aliphatic rings. The standard InChI is InChI=1S/C18H20ClN3/c1-15(17-9-5-6-10-18(17)19)20-22-13-11-21(12-14-22)16-7-3-2-4-8-16/h2-10H,11-14H2,1H3. The summed E-state index contributed by atoms with van der Waals surface area (Å²) < 4.78 is 0. The quantitative estimate of drug-likeness (QED) is 0.801. The lowest BCUT2D eigenvalue weighted by atomic mass is 10.1. The van der Waals surface area contributed by atoms with E-state index in [1.54, 1.807) is 0 Å². The van der Waals surface area contributed by atoms with E-state index in [1.165, 1.54) is 5.69 Å². The van der Waals surface area contributed by atoms with Crippen LogP contribution < -0.4 is 4.90 Å². The monoisotopic (exact) mass is 313 g/mol. The van der Waals surface area contributed by atoms with Crippen LogP contribution in [0.1, 0.15) is 12.5 Å². The molecule has 0 unspecified atom stereocenters. The van der Waals surface area contributed by atoms with Crippen molar-refractivity contribution in [3.05, 3.63) is 65.2 Å². The van der Waals surface area contributed by atoms with Gasteiger partial charge in [-0.15, -0.1) is 0 Å². The van der Waals surface area contributed by atoms with Gasteiger partial charge in [0.2, 0.25) is 0 Å². The Morgan fingerprint density at radius 1 is 0.909 bits per heavy atom. The lowest BCUT2D eigenvalue weighted by Gasteiger charge is -2.35. The molecule has 114 valence electrons. The Morgan fingerprint density at radius 2 is 1.55 bits per heavy atom. The predicted molar refractivity (Wildman–Crippen MR) is 93.9 cm³/mol. The minimum absolute atomic E-state index is 0.756. The van der Waals surface area contributed by atoms with Crippen LogP contribution in [0.3, 0.4) is 0 Å². The fourth-order valence-electron chi connectivity index (χ4n) is 2.71. The molecule has 2 aromatic carbocycles. The van der Waals surface area contributed by atoms with Crippen LogP contribution >= 0.6 is 11.6 Å². The Labute approximate surface area is 136 Å². The summed E-state index contributed by atoms with van der Waals surface area (Å²) in [6.45, 7) is 5.85. The van der Waals surface area contributed by atoms with Gasteiger partial charge in [0.1, 0.15) is 0 Å². The summed E-state index contributed by atoms with van der Waals surface area (Å²) in [4.78, 5) is 2.40. The smallest absolute Gasteiger partial charge is 0.0661 e. The van der Waals surface area contributed by atoms with E-state index in [4.69, 9.17) is 16.7 Å². The van der Waals surface area contributed by atoms with Crippen LogP contribution in [-0.4, -0.2) is 36.9 Å². The third kappa shape index (κ3) is 3.42. The molecule has 4 heteroatoms. The first-order valence-corrected chi connectivity index (χ1v) is 7.97. The number of anilines is 1. The number of halogens is 1. The maximum atomic E-state index is 6.23. The minimum atomic E-state index is 0.756. The SMILES string of the molecule is CC(=NN1CCN(c2ccccc2)CC1)c1ccccc1Cl. The number of nitrogens with zero attached hydrogens (tertiary/aromatic N) is 3. The molecular weight excluding hydrogens is 294 g/mol. The van der Waals surface area contributed by atoms with Crippen LogP contribution in [0.5, 0.6) is 0 Å². The van der Waals surface area contributed by atoms with Crippen molar-refractivity contribution in [1.82, 2.24) is 5.01 Å². The lowest BCUT2D eigenvalue weighted by Crippen LogP contribution is -2.44. The molecule has 0 saturated carbocycles. The molecule has 0 amide bonds. The van der Waals surface area contributed by atoms with E-state index < -0.39 is 0 Å². The number of rotatable bonds is 3. The van der Waals surface area contributed by atoms with Crippen molar-refractivity contribution in [3.63, 3.8) is 0 Å². The maximum Gasteiger partial charge on any atom is 0.0661 e. The third-order valence-corrected chi connectivity index (χ3v) is 4.26. The van der Waals surface area contributed by atoms with Gasteiger partial charge in [-0.25, -0.2) is 0 Å². The zero-order valence-electron chi connectivity index (χ0n) is 12.7. The summed E-state index contributed by atoms with van der Waals surface area (Å²) in [5.74, 6) is 0. The van der Waals surface area contributed by atoms with Crippen molar-refractivity contribution in [3.8, 4) is 0 Å². The van der Waals surface area contributed by atoms with E-state index in [0.29, 0.717) is 0 Å². The lowest BCUT2D eigenvalue weighted by molar-refractivity contribution is 0.270. The second-order valence-corrected chi connectivity index (χ2v) is 5.85. The van der Waals surface area contributed by atoms with Gasteiger partial charge in [0.05, 0.1) is 18.8 Å². The molecule has 0 atom stereocenters. The number of hydrazone groups is 1. The fraction of sp³-hybridized carbons (Fsp3) is 0.278. The summed E-state index contributed by atoms with van der Waals surface area (Å²) in [6, 6.07) is 18.4. The Bertz CT molecular complexity index is 646. The Morgan fingerprint density at radius 3 is 2.23 bits per heavy atom. The van der Waals surface area contributed by atoms with Crippen molar-refractivity contribution in [1.29, 1.82) is 0 Å². The first kappa shape index (κ1) is 14.9. The van der Waals surface area contributed by atoms with Gasteiger partial charge in [-0.05, 0) is 25.1 Å². The third-order valence-electron chi connectivity index (χ3n) is 3.93. The second-order valence-electron chi connectivity index (χ2n) is 5.44. The van der Waals surface area contributed by atoms with Crippen molar-refractivity contribution in [2.24, 2.45) is 5.10 Å². The molecule has 1 saturated heterocycles. The van der Waals surface area contributed by atoms with Crippen LogP contribution in [0.4, 0.5) is 5.69 Å². The number of piperazine rings is 1. The summed E-state index contributed by atoms with van der Waals surface area (Å²) in [5.41, 5.74) is 3.27. The summed E-state index contributed by atoms with van der Waals surface area (Å²) in [7, 11) is 0. The highest BCUT2D eigenvalue weighted by molar-refractivity contribution is 6.34. The first-order chi connectivity index (χ1) is 10.7. The van der Waals surface area contributed by atoms with Crippen LogP contribution in [0.25, 0.3) is 0 Å². The zero-order valence-corrected chi connectivity index (χ0v) is 13.5. The van der Waals surface area contributed by atoms with Crippen LogP contribution in [-0.2, 0) is 0 Å². The van der Waals surface area contributed by atoms with E-state index in [2.05, 4.69) is 40.2 Å². The molecule has 3 nitrogen and oxygen atoms in total. The van der Waals surface area contributed by atoms with Gasteiger partial charge in [-0.1, -0.05) is 48.0 Å². The van der Waals surface area contributed by atoms with Crippen LogP contribution in [0.15, 0.2) is 59.7 Å². The van der Waals surface area contributed by atoms with Gasteiger partial charge >= 0.3 is 0 Å². The number of para-hydroxylation sites is 1. The minimum Gasteiger partial charge on any atom is -0.368 e. The molecule has 1 fully saturated rings. The van der Waals surface area contributed by atoms with Gasteiger partial charge in [0.15, 0.2) is 0 Å². The molecule has 0 bridgehead atoms. The average Bonchev–Trinajstić information content (AvgIpc) is 2.57. The number of benzene rings is 2. The summed E-state index contributed by atoms with van der Waals surface area (Å²) in [5, 5.41) is 7.63. The Hall–Kier alpha value is -2.00. The average molecular weight is 314 g/mol. The molecule has 0 spiro atoms. The van der Waals surface area contributed by atoms with Crippen LogP contribution in [0.2, 0.25) is 5.02 Å². The first-order valence-electron chi connectivity index (χ1n) is 7.59. The topological polar surface area (TPSA) is 18.8 Å². The number of hydrogen-bond donors (Lipinski definition) is 0. The molecule has 0 N–H and O–H groups in total. The molecule has 0 radical (unpaired) electrons. The van der Waals surface area contributed by atoms with E-state index in [9.17, 15) is 0 Å². The van der Waals surface area contributed by atoms with E-state index in [1.807, 2.05) is 31.2 Å². The van der Waals surface area contributed by atoms with E-state index >= 15 is 0 Å². The highest BCUT2D eigenvalue weighted by Crippen LogP contribution is 2.18. The summed E-state index contributed by atoms with van der Waals surface area (Å²) in [6.07, 6.45) is 0. The normalized spacial score (nSPS) is 16.0. The van der Waals surface area contributed by atoms with Gasteiger partial charge in [0.25, 0.3) is 0 Å². The molecule has 22 heavy (non-hydrogen) atoms. The van der Waals surface area contributed by atoms with Crippen molar-refractivity contribution in [2.75, 3.05) is 31.1 Å². The summed E-state index contributed by atoms with van der Waals surface area (Å²) >= 11 is 6.23.